The van der Waals surface area contributed by atoms with Gasteiger partial charge in [-0.25, -0.2) is 0 Å². The Labute approximate surface area is 177 Å². The van der Waals surface area contributed by atoms with Gasteiger partial charge in [0.05, 0.1) is 5.92 Å². The Bertz CT molecular complexity index is 880. The summed E-state index contributed by atoms with van der Waals surface area (Å²) < 4.78 is 5.33. The van der Waals surface area contributed by atoms with Gasteiger partial charge in [0.1, 0.15) is 0 Å². The number of ether oxygens (including phenoxy) is 1. The van der Waals surface area contributed by atoms with Crippen molar-refractivity contribution in [1.29, 1.82) is 0 Å². The van der Waals surface area contributed by atoms with Crippen LogP contribution in [0.3, 0.4) is 0 Å². The Hall–Kier alpha value is -3.15. The first-order valence-corrected chi connectivity index (χ1v) is 10.4. The van der Waals surface area contributed by atoms with E-state index in [1.54, 1.807) is 29.2 Å². The summed E-state index contributed by atoms with van der Waals surface area (Å²) in [6.07, 6.45) is 2.43. The molecule has 0 bridgehead atoms. The summed E-state index contributed by atoms with van der Waals surface area (Å²) in [5.74, 6) is -1.62. The highest BCUT2D eigenvalue weighted by Crippen LogP contribution is 2.27. The van der Waals surface area contributed by atoms with E-state index in [-0.39, 0.29) is 18.9 Å². The third-order valence-corrected chi connectivity index (χ3v) is 5.23. The highest BCUT2D eigenvalue weighted by atomic mass is 16.5. The lowest BCUT2D eigenvalue weighted by Crippen LogP contribution is -2.33. The second-order valence-corrected chi connectivity index (χ2v) is 7.61. The van der Waals surface area contributed by atoms with Crippen LogP contribution in [0.4, 0.5) is 11.4 Å². The van der Waals surface area contributed by atoms with Crippen LogP contribution in [0.1, 0.15) is 38.7 Å². The number of para-hydroxylation sites is 1. The maximum atomic E-state index is 12.5. The fourth-order valence-electron chi connectivity index (χ4n) is 3.43. The van der Waals surface area contributed by atoms with E-state index in [2.05, 4.69) is 12.2 Å². The van der Waals surface area contributed by atoms with Crippen LogP contribution in [0, 0.1) is 5.92 Å². The van der Waals surface area contributed by atoms with Crippen LogP contribution >= 0.6 is 0 Å². The lowest BCUT2D eigenvalue weighted by atomic mass is 10.1. The van der Waals surface area contributed by atoms with Gasteiger partial charge in [-0.3, -0.25) is 14.4 Å². The van der Waals surface area contributed by atoms with Gasteiger partial charge in [0.2, 0.25) is 5.91 Å². The van der Waals surface area contributed by atoms with E-state index in [1.807, 2.05) is 30.3 Å². The van der Waals surface area contributed by atoms with Crippen LogP contribution in [0.15, 0.2) is 54.6 Å². The lowest BCUT2D eigenvalue weighted by molar-refractivity contribution is -0.157. The van der Waals surface area contributed by atoms with Crippen LogP contribution in [-0.2, 0) is 25.5 Å². The predicted molar refractivity (Wildman–Crippen MR) is 116 cm³/mol. The van der Waals surface area contributed by atoms with Gasteiger partial charge in [0, 0.05) is 24.3 Å². The molecule has 1 aliphatic rings. The molecule has 158 valence electrons. The number of carbonyl (C=O) groups excluding carboxylic acids is 3. The van der Waals surface area contributed by atoms with Gasteiger partial charge >= 0.3 is 5.97 Å². The number of benzene rings is 2. The zero-order valence-electron chi connectivity index (χ0n) is 17.5. The average molecular weight is 408 g/mol. The van der Waals surface area contributed by atoms with Gasteiger partial charge in [-0.05, 0) is 49.6 Å². The number of unbranched alkanes of at least 4 members (excludes halogenated alkanes) is 1. The molecule has 2 atom stereocenters. The Morgan fingerprint density at radius 3 is 2.50 bits per heavy atom. The van der Waals surface area contributed by atoms with Crippen molar-refractivity contribution >= 4 is 29.2 Å². The van der Waals surface area contributed by atoms with E-state index in [0.29, 0.717) is 5.69 Å². The molecule has 30 heavy (non-hydrogen) atoms. The van der Waals surface area contributed by atoms with E-state index in [4.69, 9.17) is 4.74 Å². The zero-order chi connectivity index (χ0) is 21.5. The zero-order valence-corrected chi connectivity index (χ0v) is 17.5. The largest absolute Gasteiger partial charge is 0.452 e. The molecule has 2 aromatic carbocycles. The van der Waals surface area contributed by atoms with Crippen LogP contribution in [-0.4, -0.2) is 30.4 Å². The molecule has 1 fully saturated rings. The fourth-order valence-corrected chi connectivity index (χ4v) is 3.43. The molecule has 0 saturated carbocycles. The van der Waals surface area contributed by atoms with Crippen molar-refractivity contribution < 1.29 is 19.1 Å². The summed E-state index contributed by atoms with van der Waals surface area (Å²) in [7, 11) is 0. The Kier molecular flexibility index (Phi) is 7.22. The number of rotatable bonds is 8. The van der Waals surface area contributed by atoms with Crippen LogP contribution < -0.4 is 10.2 Å². The monoisotopic (exact) mass is 408 g/mol. The number of anilines is 2. The van der Waals surface area contributed by atoms with Crippen molar-refractivity contribution in [3.05, 3.63) is 60.2 Å². The summed E-state index contributed by atoms with van der Waals surface area (Å²) in [4.78, 5) is 38.8. The Morgan fingerprint density at radius 1 is 1.13 bits per heavy atom. The molecule has 0 spiro atoms. The number of amides is 2. The van der Waals surface area contributed by atoms with Crippen molar-refractivity contribution in [3.8, 4) is 0 Å². The summed E-state index contributed by atoms with van der Waals surface area (Å²) in [6, 6.07) is 16.9. The number of carbonyl (C=O) groups is 3. The predicted octanol–water partition coefficient (Wildman–Crippen LogP) is 3.95. The summed E-state index contributed by atoms with van der Waals surface area (Å²) in [5, 5.41) is 2.71. The van der Waals surface area contributed by atoms with Gasteiger partial charge in [0.15, 0.2) is 6.10 Å². The van der Waals surface area contributed by atoms with Crippen molar-refractivity contribution in [2.24, 2.45) is 5.92 Å². The minimum Gasteiger partial charge on any atom is -0.452 e. The van der Waals surface area contributed by atoms with Crippen LogP contribution in [0.5, 0.6) is 0 Å². The van der Waals surface area contributed by atoms with Gasteiger partial charge in [-0.2, -0.15) is 0 Å². The minimum atomic E-state index is -0.945. The highest BCUT2D eigenvalue weighted by Gasteiger charge is 2.37. The first-order chi connectivity index (χ1) is 14.5. The van der Waals surface area contributed by atoms with E-state index in [1.165, 1.54) is 12.5 Å². The van der Waals surface area contributed by atoms with Gasteiger partial charge in [-0.15, -0.1) is 0 Å². The molecule has 1 heterocycles. The number of esters is 1. The first-order valence-electron chi connectivity index (χ1n) is 10.4. The SMILES string of the molecule is CCCCc1ccc(N2C[C@H](C(=O)O[C@H](C)C(=O)Nc3ccccc3)CC2=O)cc1. The topological polar surface area (TPSA) is 75.7 Å². The van der Waals surface area contributed by atoms with Crippen molar-refractivity contribution in [2.45, 2.75) is 45.6 Å². The first kappa shape index (κ1) is 21.6. The molecule has 1 aliphatic heterocycles. The van der Waals surface area contributed by atoms with Crippen LogP contribution in [0.25, 0.3) is 0 Å². The van der Waals surface area contributed by atoms with Gasteiger partial charge in [-0.1, -0.05) is 43.7 Å². The Balaban J connectivity index is 1.54. The van der Waals surface area contributed by atoms with E-state index in [9.17, 15) is 14.4 Å². The second kappa shape index (κ2) is 10.1. The molecule has 2 amide bonds. The number of aryl methyl sites for hydroxylation is 1. The second-order valence-electron chi connectivity index (χ2n) is 7.61. The maximum Gasteiger partial charge on any atom is 0.312 e. The van der Waals surface area contributed by atoms with Gasteiger partial charge < -0.3 is 15.0 Å². The summed E-state index contributed by atoms with van der Waals surface area (Å²) in [6.45, 7) is 3.95. The molecular formula is C24H28N2O4. The molecule has 3 rings (SSSR count). The van der Waals surface area contributed by atoms with Crippen LogP contribution in [0.2, 0.25) is 0 Å². The molecule has 1 saturated heterocycles. The molecule has 1 N–H and O–H groups in total. The van der Waals surface area contributed by atoms with Crippen molar-refractivity contribution in [1.82, 2.24) is 0 Å². The summed E-state index contributed by atoms with van der Waals surface area (Å²) in [5.41, 5.74) is 2.65. The minimum absolute atomic E-state index is 0.0867. The maximum absolute atomic E-state index is 12.5. The molecule has 0 radical (unpaired) electrons. The third-order valence-electron chi connectivity index (χ3n) is 5.23. The van der Waals surface area contributed by atoms with Crippen molar-refractivity contribution in [2.75, 3.05) is 16.8 Å². The molecule has 2 aromatic rings. The third kappa shape index (κ3) is 5.47. The van der Waals surface area contributed by atoms with E-state index < -0.39 is 23.9 Å². The molecular weight excluding hydrogens is 380 g/mol. The Morgan fingerprint density at radius 2 is 1.83 bits per heavy atom. The highest BCUT2D eigenvalue weighted by molar-refractivity contribution is 6.00. The number of nitrogens with zero attached hydrogens (tertiary/aromatic N) is 1. The molecule has 0 unspecified atom stereocenters. The van der Waals surface area contributed by atoms with E-state index >= 15 is 0 Å². The molecule has 6 heteroatoms. The van der Waals surface area contributed by atoms with E-state index in [0.717, 1.165) is 24.9 Å². The molecule has 6 nitrogen and oxygen atoms in total. The lowest BCUT2D eigenvalue weighted by Gasteiger charge is -2.18. The number of nitrogens with one attached hydrogen (secondary N) is 1. The van der Waals surface area contributed by atoms with Gasteiger partial charge in [0.25, 0.3) is 5.91 Å². The average Bonchev–Trinajstić information content (AvgIpc) is 3.15. The quantitative estimate of drug-likeness (QED) is 0.671. The molecule has 0 aliphatic carbocycles. The number of hydrogen-bond donors (Lipinski definition) is 1. The standard InChI is InChI=1S/C24H28N2O4/c1-3-4-8-18-11-13-21(14-12-18)26-16-19(15-22(26)27)24(29)30-17(2)23(28)25-20-9-6-5-7-10-20/h5-7,9-14,17,19H,3-4,8,15-16H2,1-2H3,(H,25,28)/t17-,19-/m1/s1. The number of hydrogen-bond acceptors (Lipinski definition) is 4. The normalized spacial score (nSPS) is 16.9. The summed E-state index contributed by atoms with van der Waals surface area (Å²) >= 11 is 0. The molecule has 0 aromatic heterocycles. The fraction of sp³-hybridized carbons (Fsp3) is 0.375. The smallest absolute Gasteiger partial charge is 0.312 e. The van der Waals surface area contributed by atoms with Crippen molar-refractivity contribution in [3.63, 3.8) is 0 Å².